The van der Waals surface area contributed by atoms with Gasteiger partial charge in [-0.25, -0.2) is 0 Å². The molecular weight excluding hydrogens is 266 g/mol. The van der Waals surface area contributed by atoms with E-state index in [-0.39, 0.29) is 0 Å². The van der Waals surface area contributed by atoms with Crippen LogP contribution in [0, 0.1) is 5.92 Å². The summed E-state index contributed by atoms with van der Waals surface area (Å²) in [7, 11) is 1.82. The Labute approximate surface area is 127 Å². The van der Waals surface area contributed by atoms with Gasteiger partial charge in [-0.05, 0) is 31.6 Å². The number of nitrogens with one attached hydrogen (secondary N) is 1. The molecule has 0 saturated heterocycles. The molecule has 0 aromatic carbocycles. The molecule has 1 aromatic heterocycles. The maximum Gasteiger partial charge on any atom is 0.323 e. The number of hydrogen-bond acceptors (Lipinski definition) is 6. The molecule has 0 radical (unpaired) electrons. The molecule has 6 nitrogen and oxygen atoms in total. The average molecular weight is 293 g/mol. The fourth-order valence-electron chi connectivity index (χ4n) is 2.07. The Morgan fingerprint density at radius 1 is 1.29 bits per heavy atom. The first kappa shape index (κ1) is 15.8. The molecule has 0 aliphatic heterocycles. The molecule has 21 heavy (non-hydrogen) atoms. The van der Waals surface area contributed by atoms with E-state index in [4.69, 9.17) is 4.74 Å². The third-order valence-electron chi connectivity index (χ3n) is 3.45. The van der Waals surface area contributed by atoms with Crippen LogP contribution in [0.5, 0.6) is 6.01 Å². The van der Waals surface area contributed by atoms with E-state index in [1.165, 1.54) is 12.8 Å². The molecule has 0 bridgehead atoms. The van der Waals surface area contributed by atoms with Crippen LogP contribution in [0.2, 0.25) is 0 Å². The minimum atomic E-state index is 0.418. The van der Waals surface area contributed by atoms with Crippen LogP contribution in [0.4, 0.5) is 11.9 Å². The van der Waals surface area contributed by atoms with Crippen molar-refractivity contribution in [2.75, 3.05) is 30.4 Å². The number of anilines is 2. The smallest absolute Gasteiger partial charge is 0.323 e. The third-order valence-corrected chi connectivity index (χ3v) is 3.45. The molecule has 1 fully saturated rings. The summed E-state index contributed by atoms with van der Waals surface area (Å²) < 4.78 is 5.59. The quantitative estimate of drug-likeness (QED) is 0.755. The lowest BCUT2D eigenvalue weighted by Crippen LogP contribution is -2.30. The summed E-state index contributed by atoms with van der Waals surface area (Å²) in [5.74, 6) is 1.98. The summed E-state index contributed by atoms with van der Waals surface area (Å²) >= 11 is 0. The topological polar surface area (TPSA) is 63.2 Å². The minimum absolute atomic E-state index is 0.418. The highest BCUT2D eigenvalue weighted by atomic mass is 16.5. The predicted molar refractivity (Wildman–Crippen MR) is 85.0 cm³/mol. The number of hydrogen-bond donors (Lipinski definition) is 1. The van der Waals surface area contributed by atoms with Gasteiger partial charge in [0, 0.05) is 19.6 Å². The Morgan fingerprint density at radius 3 is 2.62 bits per heavy atom. The molecule has 1 aliphatic carbocycles. The monoisotopic (exact) mass is 293 g/mol. The molecule has 1 heterocycles. The Bertz CT molecular complexity index is 448. The van der Waals surface area contributed by atoms with Crippen LogP contribution in [-0.2, 0) is 0 Å². The lowest BCUT2D eigenvalue weighted by Gasteiger charge is -2.23. The molecular formula is C15H27N5O. The first-order chi connectivity index (χ1) is 10.1. The Balaban J connectivity index is 2.17. The molecule has 1 aromatic rings. The van der Waals surface area contributed by atoms with Crippen LogP contribution in [-0.4, -0.2) is 41.2 Å². The van der Waals surface area contributed by atoms with Crippen LogP contribution in [0.1, 0.15) is 46.5 Å². The van der Waals surface area contributed by atoms with Crippen molar-refractivity contribution in [1.29, 1.82) is 0 Å². The largest absolute Gasteiger partial charge is 0.463 e. The van der Waals surface area contributed by atoms with E-state index in [9.17, 15) is 0 Å². The normalized spacial score (nSPS) is 14.3. The standard InChI is InChI=1S/C15H27N5O/c1-5-10-21-15-18-13(16-4)17-14(19-15)20(12-6-7-12)9-8-11(2)3/h11-12H,5-10H2,1-4H3,(H,16,17,18,19). The second-order valence-corrected chi connectivity index (χ2v) is 5.95. The molecule has 0 unspecified atom stereocenters. The van der Waals surface area contributed by atoms with Gasteiger partial charge < -0.3 is 15.0 Å². The number of nitrogens with zero attached hydrogens (tertiary/aromatic N) is 4. The van der Waals surface area contributed by atoms with Gasteiger partial charge in [0.1, 0.15) is 0 Å². The summed E-state index contributed by atoms with van der Waals surface area (Å²) in [4.78, 5) is 15.6. The fraction of sp³-hybridized carbons (Fsp3) is 0.800. The molecule has 118 valence electrons. The maximum atomic E-state index is 5.59. The zero-order valence-electron chi connectivity index (χ0n) is 13.6. The van der Waals surface area contributed by atoms with Gasteiger partial charge in [0.25, 0.3) is 0 Å². The predicted octanol–water partition coefficient (Wildman–Crippen LogP) is 2.72. The van der Waals surface area contributed by atoms with Crippen LogP contribution < -0.4 is 15.0 Å². The van der Waals surface area contributed by atoms with Crippen molar-refractivity contribution in [2.24, 2.45) is 5.92 Å². The minimum Gasteiger partial charge on any atom is -0.463 e. The van der Waals surface area contributed by atoms with Gasteiger partial charge in [-0.2, -0.15) is 15.0 Å². The zero-order valence-corrected chi connectivity index (χ0v) is 13.6. The van der Waals surface area contributed by atoms with Gasteiger partial charge in [-0.15, -0.1) is 0 Å². The van der Waals surface area contributed by atoms with E-state index in [0.717, 1.165) is 25.3 Å². The SMILES string of the molecule is CCCOc1nc(NC)nc(N(CCC(C)C)C2CC2)n1. The zero-order chi connectivity index (χ0) is 15.2. The fourth-order valence-corrected chi connectivity index (χ4v) is 2.07. The van der Waals surface area contributed by atoms with Crippen molar-refractivity contribution in [3.05, 3.63) is 0 Å². The lowest BCUT2D eigenvalue weighted by molar-refractivity contribution is 0.291. The number of rotatable bonds is 9. The highest BCUT2D eigenvalue weighted by Crippen LogP contribution is 2.31. The van der Waals surface area contributed by atoms with Gasteiger partial charge in [0.15, 0.2) is 0 Å². The van der Waals surface area contributed by atoms with E-state index >= 15 is 0 Å². The van der Waals surface area contributed by atoms with Crippen molar-refractivity contribution in [3.63, 3.8) is 0 Å². The number of ether oxygens (including phenoxy) is 1. The molecule has 2 rings (SSSR count). The van der Waals surface area contributed by atoms with Crippen molar-refractivity contribution in [3.8, 4) is 6.01 Å². The van der Waals surface area contributed by atoms with Crippen molar-refractivity contribution in [1.82, 2.24) is 15.0 Å². The van der Waals surface area contributed by atoms with Gasteiger partial charge in [0.05, 0.1) is 6.61 Å². The van der Waals surface area contributed by atoms with Gasteiger partial charge in [-0.1, -0.05) is 20.8 Å². The van der Waals surface area contributed by atoms with Crippen LogP contribution in [0.3, 0.4) is 0 Å². The molecule has 6 heteroatoms. The van der Waals surface area contributed by atoms with Crippen molar-refractivity contribution < 1.29 is 4.74 Å². The van der Waals surface area contributed by atoms with Crippen LogP contribution in [0.25, 0.3) is 0 Å². The Morgan fingerprint density at radius 2 is 2.05 bits per heavy atom. The summed E-state index contributed by atoms with van der Waals surface area (Å²) in [5, 5.41) is 2.99. The Hall–Kier alpha value is -1.59. The van der Waals surface area contributed by atoms with Crippen molar-refractivity contribution >= 4 is 11.9 Å². The summed E-state index contributed by atoms with van der Waals surface area (Å²) in [5.41, 5.74) is 0. The summed E-state index contributed by atoms with van der Waals surface area (Å²) in [6, 6.07) is 0.997. The van der Waals surface area contributed by atoms with E-state index in [1.807, 2.05) is 7.05 Å². The Kier molecular flexibility index (Phi) is 5.59. The van der Waals surface area contributed by atoms with Gasteiger partial charge >= 0.3 is 6.01 Å². The maximum absolute atomic E-state index is 5.59. The molecule has 0 amide bonds. The van der Waals surface area contributed by atoms with Gasteiger partial charge in [-0.3, -0.25) is 0 Å². The number of aromatic nitrogens is 3. The first-order valence-electron chi connectivity index (χ1n) is 7.97. The molecule has 1 saturated carbocycles. The first-order valence-corrected chi connectivity index (χ1v) is 7.97. The van der Waals surface area contributed by atoms with Crippen molar-refractivity contribution in [2.45, 2.75) is 52.5 Å². The summed E-state index contributed by atoms with van der Waals surface area (Å²) in [6.45, 7) is 8.17. The second-order valence-electron chi connectivity index (χ2n) is 5.95. The summed E-state index contributed by atoms with van der Waals surface area (Å²) in [6.07, 6.45) is 4.53. The van der Waals surface area contributed by atoms with E-state index < -0.39 is 0 Å². The lowest BCUT2D eigenvalue weighted by atomic mass is 10.1. The van der Waals surface area contributed by atoms with E-state index in [0.29, 0.717) is 30.5 Å². The third kappa shape index (κ3) is 4.72. The molecule has 0 atom stereocenters. The highest BCUT2D eigenvalue weighted by molar-refractivity contribution is 5.40. The van der Waals surface area contributed by atoms with E-state index in [2.05, 4.69) is 45.9 Å². The average Bonchev–Trinajstić information content (AvgIpc) is 3.29. The van der Waals surface area contributed by atoms with E-state index in [1.54, 1.807) is 0 Å². The van der Waals surface area contributed by atoms with Gasteiger partial charge in [0.2, 0.25) is 11.9 Å². The molecule has 0 spiro atoms. The molecule has 1 N–H and O–H groups in total. The molecule has 1 aliphatic rings. The second kappa shape index (κ2) is 7.43. The van der Waals surface area contributed by atoms with Crippen LogP contribution >= 0.6 is 0 Å². The van der Waals surface area contributed by atoms with Crippen LogP contribution in [0.15, 0.2) is 0 Å². The highest BCUT2D eigenvalue weighted by Gasteiger charge is 2.31.